The van der Waals surface area contributed by atoms with Gasteiger partial charge in [0.15, 0.2) is 0 Å². The lowest BCUT2D eigenvalue weighted by Crippen LogP contribution is -2.39. The molecule has 5 rings (SSSR count). The van der Waals surface area contributed by atoms with Gasteiger partial charge in [-0.05, 0) is 178 Å². The Morgan fingerprint density at radius 1 is 0.500 bits per heavy atom. The van der Waals surface area contributed by atoms with Crippen molar-refractivity contribution < 1.29 is 41.9 Å². The number of hydrogen-bond donors (Lipinski definition) is 0. The van der Waals surface area contributed by atoms with Gasteiger partial charge in [0, 0.05) is 44.7 Å². The number of benzene rings is 4. The molecule has 1 saturated heterocycles. The second-order valence-corrected chi connectivity index (χ2v) is 24.5. The Kier molecular flexibility index (Phi) is 38.0. The van der Waals surface area contributed by atoms with Crippen LogP contribution in [0.5, 0.6) is 0 Å². The van der Waals surface area contributed by atoms with Gasteiger partial charge in [0.25, 0.3) is 0 Å². The number of carbonyl (C=O) groups is 6. The van der Waals surface area contributed by atoms with Crippen LogP contribution in [0.4, 0.5) is 13.2 Å². The van der Waals surface area contributed by atoms with Crippen molar-refractivity contribution in [2.24, 2.45) is 11.8 Å². The average molecular weight is 1170 g/mol. The summed E-state index contributed by atoms with van der Waals surface area (Å²) in [6.45, 7) is 37.9. The van der Waals surface area contributed by atoms with Gasteiger partial charge in [0.1, 0.15) is 34.7 Å². The summed E-state index contributed by atoms with van der Waals surface area (Å²) in [4.78, 5) is 78.1. The van der Waals surface area contributed by atoms with Crippen molar-refractivity contribution in [3.05, 3.63) is 141 Å². The maximum atomic E-state index is 12.6. The first kappa shape index (κ1) is 78.5. The standard InChI is InChI=1S/C13H16F3NO.C13H19NO.2C12H17NO.C12H25NO.C7H13NO/c1-9-4-11(8-17(3)7-10(2)18)6-12(5-9)13(14,15)16;1-10-5-11(2)7-13(6-10)9-14(4)8-12(3)15;2*1-10-4-6-12(7-5-10)9-13(3)8-11(2)14;1-9(2)7-13(11(5)6)8-12(14)10(3)4;1-6(9)7-4-3-5-8(7)2/h4-6H,7-8H2,1-3H3;5-7H,8-9H2,1-4H3;2*4-7H,8-9H2,1-3H3;9-11H,7-8H2,1-6H3;7H,3-5H2,1-2H3. The first-order valence-corrected chi connectivity index (χ1v) is 29.4. The fourth-order valence-corrected chi connectivity index (χ4v) is 9.39. The predicted octanol–water partition coefficient (Wildman–Crippen LogP) is 12.6. The molecular weight excluding hydrogens is 1070 g/mol. The van der Waals surface area contributed by atoms with Crippen molar-refractivity contribution in [2.75, 3.05) is 81.1 Å². The van der Waals surface area contributed by atoms with Crippen LogP contribution >= 0.6 is 0 Å². The molecule has 84 heavy (non-hydrogen) atoms. The molecule has 0 N–H and O–H groups in total. The lowest BCUT2D eigenvalue weighted by molar-refractivity contribution is -0.137. The third-order valence-corrected chi connectivity index (χ3v) is 13.1. The summed E-state index contributed by atoms with van der Waals surface area (Å²) in [6.07, 6.45) is -2.09. The lowest BCUT2D eigenvalue weighted by Gasteiger charge is -2.28. The van der Waals surface area contributed by atoms with Gasteiger partial charge < -0.3 is 0 Å². The van der Waals surface area contributed by atoms with Crippen molar-refractivity contribution in [2.45, 2.75) is 168 Å². The van der Waals surface area contributed by atoms with E-state index in [1.807, 2.05) is 56.7 Å². The number of rotatable bonds is 23. The van der Waals surface area contributed by atoms with Crippen molar-refractivity contribution in [1.29, 1.82) is 0 Å². The molecule has 4 aromatic carbocycles. The SMILES string of the molecule is CC(=O)C1CCCN1C.CC(=O)CN(C)Cc1cc(C)cc(C(F)(F)F)c1.CC(=O)CN(C)Cc1cc(C)cc(C)c1.CC(=O)CN(C)Cc1ccc(C)cc1.CC(=O)CN(C)Cc1ccc(C)cc1.CC(C)CN(CC(=O)C(C)C)C(C)C. The van der Waals surface area contributed by atoms with Crippen LogP contribution in [0.3, 0.4) is 0 Å². The quantitative estimate of drug-likeness (QED) is 0.0703. The van der Waals surface area contributed by atoms with Crippen molar-refractivity contribution in [1.82, 2.24) is 29.4 Å². The van der Waals surface area contributed by atoms with Crippen LogP contribution in [0, 0.1) is 46.5 Å². The molecule has 1 heterocycles. The number of aryl methyl sites for hydroxylation is 5. The van der Waals surface area contributed by atoms with E-state index < -0.39 is 11.7 Å². The Morgan fingerprint density at radius 2 is 0.845 bits per heavy atom. The van der Waals surface area contributed by atoms with Gasteiger partial charge >= 0.3 is 6.18 Å². The fraction of sp³-hybridized carbons (Fsp3) is 0.565. The zero-order chi connectivity index (χ0) is 64.6. The van der Waals surface area contributed by atoms with Gasteiger partial charge in [-0.2, -0.15) is 13.2 Å². The fourth-order valence-electron chi connectivity index (χ4n) is 9.39. The van der Waals surface area contributed by atoms with Crippen LogP contribution in [0.2, 0.25) is 0 Å². The molecule has 1 unspecified atom stereocenters. The van der Waals surface area contributed by atoms with Gasteiger partial charge in [-0.3, -0.25) is 58.2 Å². The number of alkyl halides is 3. The van der Waals surface area contributed by atoms with Gasteiger partial charge in [-0.25, -0.2) is 0 Å². The number of likely N-dealkylation sites (tertiary alicyclic amines) is 1. The van der Waals surface area contributed by atoms with E-state index in [0.717, 1.165) is 51.3 Å². The Labute approximate surface area is 505 Å². The van der Waals surface area contributed by atoms with Crippen LogP contribution in [0.1, 0.15) is 145 Å². The highest BCUT2D eigenvalue weighted by Gasteiger charge is 2.31. The highest BCUT2D eigenvalue weighted by molar-refractivity contribution is 5.82. The number of carbonyl (C=O) groups excluding carboxylic acids is 6. The van der Waals surface area contributed by atoms with Crippen LogP contribution in [-0.4, -0.2) is 157 Å². The van der Waals surface area contributed by atoms with Crippen LogP contribution in [0.15, 0.2) is 84.9 Å². The summed E-state index contributed by atoms with van der Waals surface area (Å²) in [5.41, 5.74) is 9.35. The summed E-state index contributed by atoms with van der Waals surface area (Å²) >= 11 is 0. The number of halogens is 3. The molecule has 0 radical (unpaired) electrons. The zero-order valence-electron chi connectivity index (χ0n) is 55.4. The molecule has 15 heteroatoms. The second-order valence-electron chi connectivity index (χ2n) is 24.5. The Morgan fingerprint density at radius 3 is 1.12 bits per heavy atom. The summed E-state index contributed by atoms with van der Waals surface area (Å²) in [5.74, 6) is 2.05. The zero-order valence-corrected chi connectivity index (χ0v) is 55.4. The van der Waals surface area contributed by atoms with Crippen LogP contribution in [0.25, 0.3) is 0 Å². The first-order chi connectivity index (χ1) is 38.9. The second kappa shape index (κ2) is 40.7. The molecule has 1 fully saturated rings. The van der Waals surface area contributed by atoms with Gasteiger partial charge in [-0.15, -0.1) is 0 Å². The van der Waals surface area contributed by atoms with E-state index in [1.54, 1.807) is 52.6 Å². The minimum absolute atomic E-state index is 0.0128. The molecular formula is C69H107F3N6O6. The molecule has 12 nitrogen and oxygen atoms in total. The highest BCUT2D eigenvalue weighted by atomic mass is 19.4. The van der Waals surface area contributed by atoms with E-state index in [1.165, 1.54) is 52.3 Å². The topological polar surface area (TPSA) is 122 Å². The summed E-state index contributed by atoms with van der Waals surface area (Å²) in [5, 5.41) is 0. The lowest BCUT2D eigenvalue weighted by atomic mass is 10.1. The minimum atomic E-state index is -4.33. The molecule has 0 bridgehead atoms. The molecule has 0 aliphatic carbocycles. The number of hydrogen-bond acceptors (Lipinski definition) is 12. The highest BCUT2D eigenvalue weighted by Crippen LogP contribution is 2.31. The van der Waals surface area contributed by atoms with Crippen LogP contribution < -0.4 is 0 Å². The number of likely N-dealkylation sites (N-methyl/N-ethyl adjacent to an activating group) is 5. The van der Waals surface area contributed by atoms with Crippen molar-refractivity contribution in [3.8, 4) is 0 Å². The molecule has 1 aliphatic heterocycles. The predicted molar refractivity (Wildman–Crippen MR) is 340 cm³/mol. The van der Waals surface area contributed by atoms with E-state index in [0.29, 0.717) is 67.4 Å². The molecule has 0 saturated carbocycles. The normalized spacial score (nSPS) is 13.1. The number of ketones is 6. The molecule has 0 amide bonds. The molecule has 0 aromatic heterocycles. The maximum Gasteiger partial charge on any atom is 0.416 e. The Balaban J connectivity index is 0.000000993. The molecule has 470 valence electrons. The van der Waals surface area contributed by atoms with E-state index in [9.17, 15) is 41.9 Å². The smallest absolute Gasteiger partial charge is 0.299 e. The summed E-state index contributed by atoms with van der Waals surface area (Å²) < 4.78 is 37.9. The molecule has 0 spiro atoms. The summed E-state index contributed by atoms with van der Waals surface area (Å²) in [7, 11) is 9.61. The third kappa shape index (κ3) is 38.4. The number of Topliss-reactive ketones (excluding diaryl/α,β-unsaturated/α-hetero) is 6. The van der Waals surface area contributed by atoms with E-state index >= 15 is 0 Å². The summed E-state index contributed by atoms with van der Waals surface area (Å²) in [6, 6.07) is 27.9. The largest absolute Gasteiger partial charge is 0.416 e. The molecule has 4 aromatic rings. The molecule has 1 aliphatic rings. The van der Waals surface area contributed by atoms with Crippen LogP contribution in [-0.2, 0) is 61.1 Å². The Hall–Kier alpha value is -5.55. The van der Waals surface area contributed by atoms with E-state index in [-0.39, 0.29) is 41.6 Å². The minimum Gasteiger partial charge on any atom is -0.299 e. The van der Waals surface area contributed by atoms with Crippen molar-refractivity contribution >= 4 is 34.7 Å². The van der Waals surface area contributed by atoms with Gasteiger partial charge in [0.2, 0.25) is 0 Å². The third-order valence-electron chi connectivity index (χ3n) is 13.1. The number of nitrogens with zero attached hydrogens (tertiary/aromatic N) is 6. The first-order valence-electron chi connectivity index (χ1n) is 29.4. The van der Waals surface area contributed by atoms with Crippen molar-refractivity contribution in [3.63, 3.8) is 0 Å². The monoisotopic (exact) mass is 1170 g/mol. The maximum absolute atomic E-state index is 12.6. The average Bonchev–Trinajstić information content (AvgIpc) is 3.90. The van der Waals surface area contributed by atoms with E-state index in [2.05, 4.69) is 132 Å². The molecule has 1 atom stereocenters. The Bertz CT molecular complexity index is 2510. The van der Waals surface area contributed by atoms with Gasteiger partial charge in [0.05, 0.1) is 44.3 Å². The van der Waals surface area contributed by atoms with Gasteiger partial charge in [-0.1, -0.05) is 128 Å². The van der Waals surface area contributed by atoms with E-state index in [4.69, 9.17) is 0 Å².